The molecule has 1 aromatic carbocycles. The van der Waals surface area contributed by atoms with Gasteiger partial charge in [-0.2, -0.15) is 0 Å². The number of carboxylic acid groups (broad SMARTS) is 1. The van der Waals surface area contributed by atoms with Gasteiger partial charge >= 0.3 is 5.97 Å². The maximum absolute atomic E-state index is 12.9. The second kappa shape index (κ2) is 7.87. The number of hydrogen-bond donors (Lipinski definition) is 1. The molecule has 132 valence electrons. The van der Waals surface area contributed by atoms with E-state index in [0.29, 0.717) is 24.7 Å². The number of ether oxygens (including phenoxy) is 4. The van der Waals surface area contributed by atoms with Crippen LogP contribution in [0.15, 0.2) is 12.1 Å². The molecule has 1 aliphatic heterocycles. The Bertz CT molecular complexity index is 617. The molecule has 1 N–H and O–H groups in total. The molecule has 1 heterocycles. The number of benzene rings is 1. The molecule has 2 rings (SSSR count). The molecule has 0 aromatic heterocycles. The van der Waals surface area contributed by atoms with Gasteiger partial charge < -0.3 is 29.0 Å². The van der Waals surface area contributed by atoms with Crippen molar-refractivity contribution in [3.05, 3.63) is 17.7 Å². The van der Waals surface area contributed by atoms with Crippen molar-refractivity contribution in [2.75, 3.05) is 41.1 Å². The number of carbonyl (C=O) groups excluding carboxylic acids is 1. The second-order valence-corrected chi connectivity index (χ2v) is 5.21. The SMILES string of the molecule is COc1ccc(C(=O)N2CCOCC2CC(=O)O)c(OC)c1OC. The Kier molecular flexibility index (Phi) is 5.86. The van der Waals surface area contributed by atoms with Crippen LogP contribution in [0.5, 0.6) is 17.2 Å². The first-order valence-corrected chi connectivity index (χ1v) is 7.43. The highest BCUT2D eigenvalue weighted by Crippen LogP contribution is 2.40. The van der Waals surface area contributed by atoms with Crippen LogP contribution < -0.4 is 14.2 Å². The first-order chi connectivity index (χ1) is 11.5. The highest BCUT2D eigenvalue weighted by Gasteiger charge is 2.32. The lowest BCUT2D eigenvalue weighted by molar-refractivity contribution is -0.139. The van der Waals surface area contributed by atoms with Crippen molar-refractivity contribution in [1.82, 2.24) is 4.90 Å². The molecule has 1 amide bonds. The molecule has 1 saturated heterocycles. The van der Waals surface area contributed by atoms with E-state index >= 15 is 0 Å². The molecule has 1 aliphatic rings. The van der Waals surface area contributed by atoms with Crippen LogP contribution in [-0.4, -0.2) is 69.0 Å². The summed E-state index contributed by atoms with van der Waals surface area (Å²) in [7, 11) is 4.38. The van der Waals surface area contributed by atoms with Crippen molar-refractivity contribution >= 4 is 11.9 Å². The van der Waals surface area contributed by atoms with E-state index in [4.69, 9.17) is 24.1 Å². The fraction of sp³-hybridized carbons (Fsp3) is 0.500. The van der Waals surface area contributed by atoms with Crippen LogP contribution in [0.3, 0.4) is 0 Å². The lowest BCUT2D eigenvalue weighted by Gasteiger charge is -2.35. The Morgan fingerprint density at radius 2 is 1.92 bits per heavy atom. The maximum atomic E-state index is 12.9. The van der Waals surface area contributed by atoms with E-state index in [1.807, 2.05) is 0 Å². The van der Waals surface area contributed by atoms with Gasteiger partial charge in [0.1, 0.15) is 0 Å². The summed E-state index contributed by atoms with van der Waals surface area (Å²) in [5, 5.41) is 9.03. The molecule has 24 heavy (non-hydrogen) atoms. The summed E-state index contributed by atoms with van der Waals surface area (Å²) < 4.78 is 21.1. The molecule has 0 aliphatic carbocycles. The maximum Gasteiger partial charge on any atom is 0.305 e. The highest BCUT2D eigenvalue weighted by molar-refractivity contribution is 5.98. The Morgan fingerprint density at radius 1 is 1.21 bits per heavy atom. The number of morpholine rings is 1. The molecule has 0 bridgehead atoms. The molecule has 0 saturated carbocycles. The number of methoxy groups -OCH3 is 3. The number of rotatable bonds is 6. The van der Waals surface area contributed by atoms with Gasteiger partial charge in [0, 0.05) is 6.54 Å². The summed E-state index contributed by atoms with van der Waals surface area (Å²) in [6, 6.07) is 2.67. The Morgan fingerprint density at radius 3 is 2.50 bits per heavy atom. The highest BCUT2D eigenvalue weighted by atomic mass is 16.5. The van der Waals surface area contributed by atoms with Crippen LogP contribution in [-0.2, 0) is 9.53 Å². The third kappa shape index (κ3) is 3.53. The van der Waals surface area contributed by atoms with Gasteiger partial charge in [0.15, 0.2) is 11.5 Å². The minimum Gasteiger partial charge on any atom is -0.493 e. The Balaban J connectivity index is 2.38. The Labute approximate surface area is 139 Å². The summed E-state index contributed by atoms with van der Waals surface area (Å²) in [6.07, 6.45) is -0.179. The molecule has 0 spiro atoms. The minimum absolute atomic E-state index is 0.179. The van der Waals surface area contributed by atoms with Gasteiger partial charge in [0.2, 0.25) is 5.75 Å². The first-order valence-electron chi connectivity index (χ1n) is 7.43. The zero-order chi connectivity index (χ0) is 17.7. The van der Waals surface area contributed by atoms with Gasteiger partial charge in [0.25, 0.3) is 5.91 Å². The fourth-order valence-corrected chi connectivity index (χ4v) is 2.72. The van der Waals surface area contributed by atoms with Gasteiger partial charge in [-0.25, -0.2) is 0 Å². The summed E-state index contributed by atoms with van der Waals surface area (Å²) in [4.78, 5) is 25.5. The van der Waals surface area contributed by atoms with E-state index in [-0.39, 0.29) is 30.2 Å². The van der Waals surface area contributed by atoms with Crippen molar-refractivity contribution in [2.24, 2.45) is 0 Å². The van der Waals surface area contributed by atoms with Crippen LogP contribution >= 0.6 is 0 Å². The number of carbonyl (C=O) groups is 2. The molecule has 8 heteroatoms. The zero-order valence-corrected chi connectivity index (χ0v) is 13.9. The van der Waals surface area contributed by atoms with Gasteiger partial charge in [-0.05, 0) is 12.1 Å². The van der Waals surface area contributed by atoms with Crippen molar-refractivity contribution in [3.8, 4) is 17.2 Å². The van der Waals surface area contributed by atoms with Crippen LogP contribution in [0, 0.1) is 0 Å². The topological polar surface area (TPSA) is 94.5 Å². The smallest absolute Gasteiger partial charge is 0.305 e. The van der Waals surface area contributed by atoms with E-state index in [9.17, 15) is 9.59 Å². The number of nitrogens with zero attached hydrogens (tertiary/aromatic N) is 1. The number of amides is 1. The lowest BCUT2D eigenvalue weighted by atomic mass is 10.1. The molecule has 1 unspecified atom stereocenters. The van der Waals surface area contributed by atoms with Crippen molar-refractivity contribution in [2.45, 2.75) is 12.5 Å². The van der Waals surface area contributed by atoms with Crippen LogP contribution in [0.1, 0.15) is 16.8 Å². The Hall–Kier alpha value is -2.48. The molecule has 8 nitrogen and oxygen atoms in total. The quantitative estimate of drug-likeness (QED) is 0.827. The molecule has 1 aromatic rings. The number of hydrogen-bond acceptors (Lipinski definition) is 6. The standard InChI is InChI=1S/C16H21NO7/c1-21-12-5-4-11(14(22-2)15(12)23-3)16(20)17-6-7-24-9-10(17)8-13(18)19/h4-5,10H,6-9H2,1-3H3,(H,18,19). The number of carboxylic acids is 1. The normalized spacial score (nSPS) is 17.3. The van der Waals surface area contributed by atoms with Gasteiger partial charge in [-0.3, -0.25) is 9.59 Å². The summed E-state index contributed by atoms with van der Waals surface area (Å²) in [5.74, 6) is -0.309. The van der Waals surface area contributed by atoms with E-state index in [1.54, 1.807) is 12.1 Å². The third-order valence-corrected chi connectivity index (χ3v) is 3.83. The molecule has 0 radical (unpaired) electrons. The van der Waals surface area contributed by atoms with E-state index in [2.05, 4.69) is 0 Å². The predicted octanol–water partition coefficient (Wildman–Crippen LogP) is 1.03. The van der Waals surface area contributed by atoms with Gasteiger partial charge in [-0.15, -0.1) is 0 Å². The van der Waals surface area contributed by atoms with Crippen molar-refractivity contribution < 1.29 is 33.6 Å². The first kappa shape index (κ1) is 17.9. The van der Waals surface area contributed by atoms with Gasteiger partial charge in [0.05, 0.1) is 52.6 Å². The van der Waals surface area contributed by atoms with E-state index < -0.39 is 12.0 Å². The van der Waals surface area contributed by atoms with Crippen LogP contribution in [0.2, 0.25) is 0 Å². The van der Waals surface area contributed by atoms with Crippen LogP contribution in [0.4, 0.5) is 0 Å². The van der Waals surface area contributed by atoms with Crippen LogP contribution in [0.25, 0.3) is 0 Å². The fourth-order valence-electron chi connectivity index (χ4n) is 2.72. The third-order valence-electron chi connectivity index (χ3n) is 3.83. The van der Waals surface area contributed by atoms with Gasteiger partial charge in [-0.1, -0.05) is 0 Å². The summed E-state index contributed by atoms with van der Waals surface area (Å²) in [6.45, 7) is 0.861. The van der Waals surface area contributed by atoms with Crippen molar-refractivity contribution in [1.29, 1.82) is 0 Å². The second-order valence-electron chi connectivity index (χ2n) is 5.21. The average molecular weight is 339 g/mol. The predicted molar refractivity (Wildman–Crippen MR) is 84.0 cm³/mol. The number of aliphatic carboxylic acids is 1. The molecular formula is C16H21NO7. The van der Waals surface area contributed by atoms with E-state index in [1.165, 1.54) is 26.2 Å². The largest absolute Gasteiger partial charge is 0.493 e. The zero-order valence-electron chi connectivity index (χ0n) is 13.9. The van der Waals surface area contributed by atoms with E-state index in [0.717, 1.165) is 0 Å². The average Bonchev–Trinajstić information content (AvgIpc) is 2.59. The monoisotopic (exact) mass is 339 g/mol. The summed E-state index contributed by atoms with van der Waals surface area (Å²) >= 11 is 0. The molecular weight excluding hydrogens is 318 g/mol. The minimum atomic E-state index is -0.984. The molecule has 1 atom stereocenters. The summed E-state index contributed by atoms with van der Waals surface area (Å²) in [5.41, 5.74) is 0.285. The van der Waals surface area contributed by atoms with Crippen molar-refractivity contribution in [3.63, 3.8) is 0 Å². The lowest BCUT2D eigenvalue weighted by Crippen LogP contribution is -2.49. The molecule has 1 fully saturated rings.